The van der Waals surface area contributed by atoms with Gasteiger partial charge in [0.05, 0.1) is 0 Å². The number of hydrogen-bond acceptors (Lipinski definition) is 5. The van der Waals surface area contributed by atoms with Gasteiger partial charge in [-0.2, -0.15) is 0 Å². The Hall–Kier alpha value is -2.31. The number of rotatable bonds is 1. The van der Waals surface area contributed by atoms with E-state index in [4.69, 9.17) is 9.15 Å². The van der Waals surface area contributed by atoms with Crippen LogP contribution in [0.25, 0.3) is 11.2 Å². The molecule has 0 N–H and O–H groups in total. The van der Waals surface area contributed by atoms with Crippen LogP contribution in [0.2, 0.25) is 0 Å². The molecule has 23 heavy (non-hydrogen) atoms. The molecule has 0 aliphatic carbocycles. The molecule has 1 amide bonds. The summed E-state index contributed by atoms with van der Waals surface area (Å²) in [6.07, 6.45) is 2.68. The van der Waals surface area contributed by atoms with Crippen molar-refractivity contribution in [1.29, 1.82) is 0 Å². The maximum absolute atomic E-state index is 12.1. The zero-order valence-electron chi connectivity index (χ0n) is 13.6. The summed E-state index contributed by atoms with van der Waals surface area (Å²) in [5.74, 6) is -0.394. The summed E-state index contributed by atoms with van der Waals surface area (Å²) in [6, 6.07) is 3.45. The number of amides is 1. The van der Waals surface area contributed by atoms with Crippen LogP contribution in [-0.4, -0.2) is 39.2 Å². The van der Waals surface area contributed by atoms with E-state index in [1.165, 1.54) is 0 Å². The van der Waals surface area contributed by atoms with Crippen LogP contribution in [0, 0.1) is 0 Å². The molecule has 1 saturated heterocycles. The van der Waals surface area contributed by atoms with Crippen molar-refractivity contribution in [3.8, 4) is 0 Å². The Morgan fingerprint density at radius 1 is 1.35 bits per heavy atom. The lowest BCUT2D eigenvalue weighted by atomic mass is 10.1. The third-order valence-electron chi connectivity index (χ3n) is 3.85. The number of aromatic nitrogens is 2. The van der Waals surface area contributed by atoms with E-state index in [9.17, 15) is 9.59 Å². The molecule has 0 saturated carbocycles. The van der Waals surface area contributed by atoms with E-state index in [1.807, 2.05) is 20.8 Å². The number of carbonyl (C=O) groups excluding carboxylic acids is 1. The minimum absolute atomic E-state index is 0.0164. The van der Waals surface area contributed by atoms with Crippen LogP contribution >= 0.6 is 0 Å². The average molecular weight is 319 g/mol. The second kappa shape index (κ2) is 5.72. The normalized spacial score (nSPS) is 16.7. The predicted molar refractivity (Wildman–Crippen MR) is 84.3 cm³/mol. The number of hydrogen-bond donors (Lipinski definition) is 0. The molecular formula is C16H21N3O4. The topological polar surface area (TPSA) is 77.6 Å². The Labute approximate surface area is 133 Å². The Bertz CT molecular complexity index is 763. The van der Waals surface area contributed by atoms with Gasteiger partial charge < -0.3 is 14.1 Å². The number of ether oxygens (including phenoxy) is 1. The highest BCUT2D eigenvalue weighted by Gasteiger charge is 2.29. The zero-order chi connectivity index (χ0) is 16.6. The van der Waals surface area contributed by atoms with Gasteiger partial charge in [0.25, 0.3) is 0 Å². The van der Waals surface area contributed by atoms with Crippen molar-refractivity contribution in [3.63, 3.8) is 0 Å². The number of piperidine rings is 1. The Morgan fingerprint density at radius 3 is 2.70 bits per heavy atom. The molecule has 2 aromatic rings. The van der Waals surface area contributed by atoms with Crippen LogP contribution in [-0.2, 0) is 4.74 Å². The van der Waals surface area contributed by atoms with Crippen LogP contribution in [0.3, 0.4) is 0 Å². The van der Waals surface area contributed by atoms with E-state index in [0.29, 0.717) is 37.2 Å². The Kier molecular flexibility index (Phi) is 3.87. The van der Waals surface area contributed by atoms with Gasteiger partial charge in [-0.25, -0.2) is 14.6 Å². The molecule has 3 heterocycles. The Balaban J connectivity index is 1.73. The number of likely N-dealkylation sites (tertiary alicyclic amines) is 1. The van der Waals surface area contributed by atoms with E-state index < -0.39 is 11.4 Å². The number of pyridine rings is 1. The van der Waals surface area contributed by atoms with Crippen LogP contribution in [0.5, 0.6) is 0 Å². The molecule has 0 spiro atoms. The highest BCUT2D eigenvalue weighted by molar-refractivity contribution is 5.69. The Morgan fingerprint density at radius 2 is 2.04 bits per heavy atom. The first-order valence-electron chi connectivity index (χ1n) is 7.79. The summed E-state index contributed by atoms with van der Waals surface area (Å²) >= 11 is 0. The van der Waals surface area contributed by atoms with Crippen LogP contribution in [0.4, 0.5) is 4.79 Å². The lowest BCUT2D eigenvalue weighted by molar-refractivity contribution is 0.0188. The first-order chi connectivity index (χ1) is 10.8. The van der Waals surface area contributed by atoms with E-state index >= 15 is 0 Å². The van der Waals surface area contributed by atoms with Gasteiger partial charge in [-0.3, -0.25) is 4.57 Å². The SMILES string of the molecule is CC(C)(C)OC(=O)N1CCC(n2c(=O)oc3cccnc32)CC1. The van der Waals surface area contributed by atoms with Crippen molar-refractivity contribution in [2.24, 2.45) is 0 Å². The van der Waals surface area contributed by atoms with Crippen molar-refractivity contribution in [2.45, 2.75) is 45.3 Å². The van der Waals surface area contributed by atoms with Gasteiger partial charge in [0.1, 0.15) is 5.60 Å². The van der Waals surface area contributed by atoms with Crippen molar-refractivity contribution in [2.75, 3.05) is 13.1 Å². The standard InChI is InChI=1S/C16H21N3O4/c1-16(2,3)23-14(20)18-9-6-11(7-10-18)19-13-12(22-15(19)21)5-4-8-17-13/h4-5,8,11H,6-7,9-10H2,1-3H3. The third kappa shape index (κ3) is 3.23. The summed E-state index contributed by atoms with van der Waals surface area (Å²) in [7, 11) is 0. The molecule has 1 fully saturated rings. The molecule has 0 radical (unpaired) electrons. The van der Waals surface area contributed by atoms with Crippen molar-refractivity contribution >= 4 is 17.3 Å². The maximum atomic E-state index is 12.1. The van der Waals surface area contributed by atoms with Gasteiger partial charge in [-0.1, -0.05) is 0 Å². The van der Waals surface area contributed by atoms with Crippen LogP contribution < -0.4 is 5.76 Å². The summed E-state index contributed by atoms with van der Waals surface area (Å²) < 4.78 is 12.2. The van der Waals surface area contributed by atoms with Crippen molar-refractivity contribution in [3.05, 3.63) is 28.9 Å². The van der Waals surface area contributed by atoms with Gasteiger partial charge in [0.15, 0.2) is 11.2 Å². The number of fused-ring (bicyclic) bond motifs is 1. The minimum atomic E-state index is -0.504. The second-order valence-corrected chi connectivity index (χ2v) is 6.76. The second-order valence-electron chi connectivity index (χ2n) is 6.76. The molecule has 7 heteroatoms. The largest absolute Gasteiger partial charge is 0.444 e. The number of carbonyl (C=O) groups is 1. The summed E-state index contributed by atoms with van der Waals surface area (Å²) in [5.41, 5.74) is 0.551. The van der Waals surface area contributed by atoms with Crippen LogP contribution in [0.1, 0.15) is 39.7 Å². The first-order valence-corrected chi connectivity index (χ1v) is 7.79. The van der Waals surface area contributed by atoms with Gasteiger partial charge in [0.2, 0.25) is 0 Å². The molecule has 0 atom stereocenters. The molecule has 1 aliphatic rings. The lowest BCUT2D eigenvalue weighted by Gasteiger charge is -2.33. The number of oxazole rings is 1. The molecule has 2 aromatic heterocycles. The van der Waals surface area contributed by atoms with E-state index in [-0.39, 0.29) is 12.1 Å². The highest BCUT2D eigenvalue weighted by Crippen LogP contribution is 2.25. The van der Waals surface area contributed by atoms with Crippen molar-refractivity contribution in [1.82, 2.24) is 14.5 Å². The molecule has 1 aliphatic heterocycles. The summed E-state index contributed by atoms with van der Waals surface area (Å²) in [6.45, 7) is 6.64. The molecule has 0 aromatic carbocycles. The first kappa shape index (κ1) is 15.6. The minimum Gasteiger partial charge on any atom is -0.444 e. The molecule has 0 unspecified atom stereocenters. The van der Waals surface area contributed by atoms with E-state index in [1.54, 1.807) is 27.8 Å². The summed E-state index contributed by atoms with van der Waals surface area (Å²) in [4.78, 5) is 30.1. The fourth-order valence-electron chi connectivity index (χ4n) is 2.83. The monoisotopic (exact) mass is 319 g/mol. The van der Waals surface area contributed by atoms with Gasteiger partial charge in [-0.15, -0.1) is 0 Å². The van der Waals surface area contributed by atoms with E-state index in [2.05, 4.69) is 4.98 Å². The van der Waals surface area contributed by atoms with Gasteiger partial charge in [-0.05, 0) is 45.7 Å². The van der Waals surface area contributed by atoms with Crippen molar-refractivity contribution < 1.29 is 13.9 Å². The maximum Gasteiger partial charge on any atom is 0.421 e. The fraction of sp³-hybridized carbons (Fsp3) is 0.562. The molecule has 0 bridgehead atoms. The molecule has 3 rings (SSSR count). The lowest BCUT2D eigenvalue weighted by Crippen LogP contribution is -2.42. The predicted octanol–water partition coefficient (Wildman–Crippen LogP) is 2.56. The van der Waals surface area contributed by atoms with Gasteiger partial charge >= 0.3 is 11.8 Å². The zero-order valence-corrected chi connectivity index (χ0v) is 13.6. The third-order valence-corrected chi connectivity index (χ3v) is 3.85. The summed E-state index contributed by atoms with van der Waals surface area (Å²) in [5, 5.41) is 0. The average Bonchev–Trinajstić information content (AvgIpc) is 2.81. The molecular weight excluding hydrogens is 298 g/mol. The smallest absolute Gasteiger partial charge is 0.421 e. The molecule has 7 nitrogen and oxygen atoms in total. The quantitative estimate of drug-likeness (QED) is 0.807. The highest BCUT2D eigenvalue weighted by atomic mass is 16.6. The fourth-order valence-corrected chi connectivity index (χ4v) is 2.83. The molecule has 124 valence electrons. The van der Waals surface area contributed by atoms with Gasteiger partial charge in [0, 0.05) is 25.3 Å². The number of nitrogens with zero attached hydrogens (tertiary/aromatic N) is 3. The van der Waals surface area contributed by atoms with E-state index in [0.717, 1.165) is 0 Å². The van der Waals surface area contributed by atoms with Crippen LogP contribution in [0.15, 0.2) is 27.5 Å².